The number of carbonyl (C=O) groups is 1. The van der Waals surface area contributed by atoms with Crippen LogP contribution in [0.5, 0.6) is 0 Å². The second kappa shape index (κ2) is 11.5. The lowest BCUT2D eigenvalue weighted by Gasteiger charge is -2.10. The van der Waals surface area contributed by atoms with Gasteiger partial charge in [-0.25, -0.2) is 9.38 Å². The largest absolute Gasteiger partial charge is 0.469 e. The van der Waals surface area contributed by atoms with Gasteiger partial charge in [0.25, 0.3) is 0 Å². The van der Waals surface area contributed by atoms with Crippen molar-refractivity contribution >= 4 is 41.5 Å². The molecule has 0 atom stereocenters. The van der Waals surface area contributed by atoms with Crippen molar-refractivity contribution < 1.29 is 13.6 Å². The van der Waals surface area contributed by atoms with E-state index in [1.807, 2.05) is 19.1 Å². The minimum atomic E-state index is -0.346. The van der Waals surface area contributed by atoms with Crippen molar-refractivity contribution in [3.05, 3.63) is 54.2 Å². The number of benzene rings is 1. The van der Waals surface area contributed by atoms with Crippen LogP contribution in [0.1, 0.15) is 12.7 Å². The molecule has 25 heavy (non-hydrogen) atoms. The number of anilines is 1. The summed E-state index contributed by atoms with van der Waals surface area (Å²) in [6.45, 7) is 3.24. The van der Waals surface area contributed by atoms with Crippen LogP contribution in [0.15, 0.2) is 52.1 Å². The number of hydrogen-bond acceptors (Lipinski definition) is 3. The summed E-state index contributed by atoms with van der Waals surface area (Å²) < 4.78 is 18.1. The summed E-state index contributed by atoms with van der Waals surface area (Å²) in [5.41, 5.74) is 0.535. The lowest BCUT2D eigenvalue weighted by Crippen LogP contribution is -2.39. The Balaban J connectivity index is 0.00000312. The first-order valence-corrected chi connectivity index (χ1v) is 7.77. The molecular weight excluding hydrogens is 438 g/mol. The van der Waals surface area contributed by atoms with Gasteiger partial charge in [-0.3, -0.25) is 4.79 Å². The Morgan fingerprint density at radius 3 is 2.60 bits per heavy atom. The van der Waals surface area contributed by atoms with Gasteiger partial charge < -0.3 is 20.4 Å². The molecule has 1 heterocycles. The molecule has 6 nitrogen and oxygen atoms in total. The molecule has 0 aliphatic heterocycles. The van der Waals surface area contributed by atoms with Gasteiger partial charge in [0.15, 0.2) is 5.96 Å². The van der Waals surface area contributed by atoms with E-state index in [9.17, 15) is 9.18 Å². The number of guanidine groups is 1. The van der Waals surface area contributed by atoms with Crippen LogP contribution in [-0.2, 0) is 11.2 Å². The number of nitrogens with zero attached hydrogens (tertiary/aromatic N) is 1. The number of halogens is 2. The van der Waals surface area contributed by atoms with Gasteiger partial charge in [-0.1, -0.05) is 0 Å². The molecule has 0 radical (unpaired) electrons. The van der Waals surface area contributed by atoms with E-state index in [0.29, 0.717) is 24.7 Å². The SMILES string of the molecule is CCNC(=NCC(=O)Nc1ccc(F)cc1)NCCc1ccco1.I. The molecule has 0 spiro atoms. The van der Waals surface area contributed by atoms with Crippen LogP contribution < -0.4 is 16.0 Å². The Labute approximate surface area is 163 Å². The third-order valence-corrected chi connectivity index (χ3v) is 3.10. The van der Waals surface area contributed by atoms with E-state index >= 15 is 0 Å². The highest BCUT2D eigenvalue weighted by atomic mass is 127. The topological polar surface area (TPSA) is 78.7 Å². The molecule has 0 saturated carbocycles. The fourth-order valence-electron chi connectivity index (χ4n) is 1.99. The van der Waals surface area contributed by atoms with E-state index in [1.165, 1.54) is 24.3 Å². The van der Waals surface area contributed by atoms with E-state index in [2.05, 4.69) is 20.9 Å². The molecule has 1 amide bonds. The van der Waals surface area contributed by atoms with Gasteiger partial charge in [0.2, 0.25) is 5.91 Å². The van der Waals surface area contributed by atoms with Gasteiger partial charge >= 0.3 is 0 Å². The second-order valence-electron chi connectivity index (χ2n) is 5.01. The van der Waals surface area contributed by atoms with Gasteiger partial charge in [0.05, 0.1) is 6.26 Å². The maximum absolute atomic E-state index is 12.8. The van der Waals surface area contributed by atoms with Crippen molar-refractivity contribution in [3.8, 4) is 0 Å². The zero-order valence-corrected chi connectivity index (χ0v) is 16.3. The fraction of sp³-hybridized carbons (Fsp3) is 0.294. The Hall–Kier alpha value is -2.10. The summed E-state index contributed by atoms with van der Waals surface area (Å²) in [7, 11) is 0. The van der Waals surface area contributed by atoms with E-state index in [-0.39, 0.29) is 42.2 Å². The van der Waals surface area contributed by atoms with E-state index < -0.39 is 0 Å². The van der Waals surface area contributed by atoms with Gasteiger partial charge in [0, 0.05) is 25.2 Å². The first-order valence-electron chi connectivity index (χ1n) is 7.77. The zero-order chi connectivity index (χ0) is 17.2. The van der Waals surface area contributed by atoms with Crippen molar-refractivity contribution in [2.45, 2.75) is 13.3 Å². The average Bonchev–Trinajstić information content (AvgIpc) is 3.08. The zero-order valence-electron chi connectivity index (χ0n) is 13.9. The van der Waals surface area contributed by atoms with Crippen LogP contribution in [-0.4, -0.2) is 31.5 Å². The number of rotatable bonds is 7. The summed E-state index contributed by atoms with van der Waals surface area (Å²) in [6, 6.07) is 9.34. The molecule has 2 aromatic rings. The van der Waals surface area contributed by atoms with E-state index in [1.54, 1.807) is 6.26 Å². The van der Waals surface area contributed by atoms with Gasteiger partial charge in [-0.05, 0) is 43.3 Å². The van der Waals surface area contributed by atoms with Crippen LogP contribution >= 0.6 is 24.0 Å². The predicted octanol–water partition coefficient (Wildman–Crippen LogP) is 2.77. The Morgan fingerprint density at radius 1 is 1.20 bits per heavy atom. The molecule has 3 N–H and O–H groups in total. The Bertz CT molecular complexity index is 660. The Kier molecular flexibility index (Phi) is 9.60. The molecule has 2 rings (SSSR count). The van der Waals surface area contributed by atoms with Crippen molar-refractivity contribution in [2.75, 3.05) is 25.0 Å². The standard InChI is InChI=1S/C17H21FN4O2.HI/c1-2-19-17(20-10-9-15-4-3-11-24-15)21-12-16(23)22-14-7-5-13(18)6-8-14;/h3-8,11H,2,9-10,12H2,1H3,(H,22,23)(H2,19,20,21);1H. The highest BCUT2D eigenvalue weighted by Crippen LogP contribution is 2.07. The summed E-state index contributed by atoms with van der Waals surface area (Å²) >= 11 is 0. The normalized spacial score (nSPS) is 10.7. The van der Waals surface area contributed by atoms with E-state index in [4.69, 9.17) is 4.42 Å². The number of nitrogens with one attached hydrogen (secondary N) is 3. The summed E-state index contributed by atoms with van der Waals surface area (Å²) in [5.74, 6) is 0.816. The first-order chi connectivity index (χ1) is 11.7. The number of furan rings is 1. The summed E-state index contributed by atoms with van der Waals surface area (Å²) in [4.78, 5) is 16.1. The Morgan fingerprint density at radius 2 is 1.96 bits per heavy atom. The van der Waals surface area contributed by atoms with Gasteiger partial charge in [-0.15, -0.1) is 24.0 Å². The number of amides is 1. The van der Waals surface area contributed by atoms with Crippen molar-refractivity contribution in [2.24, 2.45) is 4.99 Å². The molecule has 0 aliphatic carbocycles. The second-order valence-corrected chi connectivity index (χ2v) is 5.01. The maximum atomic E-state index is 12.8. The molecule has 0 fully saturated rings. The minimum Gasteiger partial charge on any atom is -0.469 e. The maximum Gasteiger partial charge on any atom is 0.246 e. The monoisotopic (exact) mass is 460 g/mol. The predicted molar refractivity (Wildman–Crippen MR) is 107 cm³/mol. The van der Waals surface area contributed by atoms with Crippen LogP contribution in [0.4, 0.5) is 10.1 Å². The molecule has 0 unspecified atom stereocenters. The molecule has 0 aliphatic rings. The first kappa shape index (κ1) is 20.9. The van der Waals surface area contributed by atoms with Gasteiger partial charge in [0.1, 0.15) is 18.1 Å². The molecule has 0 saturated heterocycles. The van der Waals surface area contributed by atoms with Crippen LogP contribution in [0.3, 0.4) is 0 Å². The average molecular weight is 460 g/mol. The van der Waals surface area contributed by atoms with Gasteiger partial charge in [-0.2, -0.15) is 0 Å². The van der Waals surface area contributed by atoms with Crippen molar-refractivity contribution in [3.63, 3.8) is 0 Å². The fourth-order valence-corrected chi connectivity index (χ4v) is 1.99. The van der Waals surface area contributed by atoms with Crippen LogP contribution in [0.25, 0.3) is 0 Å². The molecule has 1 aromatic carbocycles. The molecular formula is C17H22FIN4O2. The quantitative estimate of drug-likeness (QED) is 0.338. The highest BCUT2D eigenvalue weighted by molar-refractivity contribution is 14.0. The number of hydrogen-bond donors (Lipinski definition) is 3. The minimum absolute atomic E-state index is 0. The molecule has 136 valence electrons. The highest BCUT2D eigenvalue weighted by Gasteiger charge is 2.04. The lowest BCUT2D eigenvalue weighted by molar-refractivity contribution is -0.114. The summed E-state index contributed by atoms with van der Waals surface area (Å²) in [6.07, 6.45) is 2.35. The van der Waals surface area contributed by atoms with Crippen LogP contribution in [0.2, 0.25) is 0 Å². The lowest BCUT2D eigenvalue weighted by atomic mass is 10.3. The van der Waals surface area contributed by atoms with Crippen LogP contribution in [0, 0.1) is 5.82 Å². The van der Waals surface area contributed by atoms with E-state index in [0.717, 1.165) is 12.2 Å². The summed E-state index contributed by atoms with van der Waals surface area (Å²) in [5, 5.41) is 8.86. The van der Waals surface area contributed by atoms with Crippen molar-refractivity contribution in [1.29, 1.82) is 0 Å². The third kappa shape index (κ3) is 8.01. The third-order valence-electron chi connectivity index (χ3n) is 3.10. The molecule has 0 bridgehead atoms. The molecule has 8 heteroatoms. The molecule has 1 aromatic heterocycles. The number of aliphatic imine (C=N–C) groups is 1. The number of carbonyl (C=O) groups excluding carboxylic acids is 1. The smallest absolute Gasteiger partial charge is 0.246 e. The van der Waals surface area contributed by atoms with Crippen molar-refractivity contribution in [1.82, 2.24) is 10.6 Å².